The third-order valence-corrected chi connectivity index (χ3v) is 4.29. The van der Waals surface area contributed by atoms with Crippen LogP contribution in [0.3, 0.4) is 0 Å². The molecular formula is C21H24N4O2. The second-order valence-corrected chi connectivity index (χ2v) is 6.93. The van der Waals surface area contributed by atoms with Gasteiger partial charge in [-0.15, -0.1) is 0 Å². The van der Waals surface area contributed by atoms with Gasteiger partial charge in [-0.25, -0.2) is 4.79 Å². The van der Waals surface area contributed by atoms with Crippen LogP contribution in [-0.2, 0) is 6.54 Å². The molecule has 1 aromatic heterocycles. The Kier molecular flexibility index (Phi) is 5.54. The van der Waals surface area contributed by atoms with Gasteiger partial charge in [0.15, 0.2) is 5.82 Å². The van der Waals surface area contributed by atoms with Crippen molar-refractivity contribution in [2.45, 2.75) is 40.2 Å². The number of hydrogen-bond donors (Lipinski definition) is 2. The quantitative estimate of drug-likeness (QED) is 0.681. The summed E-state index contributed by atoms with van der Waals surface area (Å²) in [5.41, 5.74) is 4.99. The standard InChI is InChI=1S/C21H24N4O2/c1-13(2)19-24-20(27-25-19)16-7-9-18(10-8-16)23-21(26)22-12-17-6-5-14(3)11-15(17)4/h5-11,13H,12H2,1-4H3,(H2,22,23,26). The molecule has 6 heteroatoms. The maximum Gasteiger partial charge on any atom is 0.319 e. The largest absolute Gasteiger partial charge is 0.334 e. The lowest BCUT2D eigenvalue weighted by Gasteiger charge is -2.10. The van der Waals surface area contributed by atoms with Crippen LogP contribution in [0.4, 0.5) is 10.5 Å². The minimum absolute atomic E-state index is 0.212. The molecule has 27 heavy (non-hydrogen) atoms. The average molecular weight is 364 g/mol. The number of carbonyl (C=O) groups is 1. The van der Waals surface area contributed by atoms with Crippen LogP contribution in [0.25, 0.3) is 11.5 Å². The summed E-state index contributed by atoms with van der Waals surface area (Å²) in [6.07, 6.45) is 0. The average Bonchev–Trinajstić information content (AvgIpc) is 3.12. The minimum atomic E-state index is -0.248. The molecule has 0 bridgehead atoms. The normalized spacial score (nSPS) is 10.9. The lowest BCUT2D eigenvalue weighted by Crippen LogP contribution is -2.28. The van der Waals surface area contributed by atoms with Gasteiger partial charge in [0.05, 0.1) is 0 Å². The maximum atomic E-state index is 12.1. The van der Waals surface area contributed by atoms with Crippen molar-refractivity contribution >= 4 is 11.7 Å². The van der Waals surface area contributed by atoms with E-state index in [1.807, 2.05) is 57.2 Å². The SMILES string of the molecule is Cc1ccc(CNC(=O)Nc2ccc(-c3nc(C(C)C)no3)cc2)c(C)c1. The van der Waals surface area contributed by atoms with Gasteiger partial charge in [0.25, 0.3) is 5.89 Å². The van der Waals surface area contributed by atoms with Crippen molar-refractivity contribution in [1.82, 2.24) is 15.5 Å². The van der Waals surface area contributed by atoms with Gasteiger partial charge in [0.2, 0.25) is 0 Å². The fourth-order valence-electron chi connectivity index (χ4n) is 2.68. The molecule has 0 aliphatic heterocycles. The number of amides is 2. The van der Waals surface area contributed by atoms with E-state index in [4.69, 9.17) is 4.52 Å². The number of hydrogen-bond acceptors (Lipinski definition) is 4. The molecule has 2 aromatic carbocycles. The van der Waals surface area contributed by atoms with Crippen LogP contribution in [0, 0.1) is 13.8 Å². The Balaban J connectivity index is 1.58. The molecule has 3 rings (SSSR count). The second-order valence-electron chi connectivity index (χ2n) is 6.93. The van der Waals surface area contributed by atoms with Gasteiger partial charge < -0.3 is 15.2 Å². The van der Waals surface area contributed by atoms with Crippen molar-refractivity contribution in [3.63, 3.8) is 0 Å². The first-order valence-corrected chi connectivity index (χ1v) is 8.97. The molecule has 0 saturated carbocycles. The van der Waals surface area contributed by atoms with Crippen molar-refractivity contribution in [3.05, 3.63) is 65.0 Å². The van der Waals surface area contributed by atoms with Crippen molar-refractivity contribution in [2.75, 3.05) is 5.32 Å². The lowest BCUT2D eigenvalue weighted by atomic mass is 10.1. The van der Waals surface area contributed by atoms with Gasteiger partial charge in [-0.3, -0.25) is 0 Å². The summed E-state index contributed by atoms with van der Waals surface area (Å²) >= 11 is 0. The monoisotopic (exact) mass is 364 g/mol. The Morgan fingerprint density at radius 3 is 2.48 bits per heavy atom. The number of rotatable bonds is 5. The van der Waals surface area contributed by atoms with Crippen LogP contribution < -0.4 is 10.6 Å². The highest BCUT2D eigenvalue weighted by atomic mass is 16.5. The van der Waals surface area contributed by atoms with E-state index in [1.165, 1.54) is 11.1 Å². The van der Waals surface area contributed by atoms with Crippen LogP contribution >= 0.6 is 0 Å². The van der Waals surface area contributed by atoms with E-state index in [-0.39, 0.29) is 11.9 Å². The molecule has 0 spiro atoms. The van der Waals surface area contributed by atoms with Crippen LogP contribution in [0.15, 0.2) is 47.0 Å². The fourth-order valence-corrected chi connectivity index (χ4v) is 2.68. The Morgan fingerprint density at radius 2 is 1.85 bits per heavy atom. The number of nitrogens with zero attached hydrogens (tertiary/aromatic N) is 2. The van der Waals surface area contributed by atoms with Gasteiger partial charge >= 0.3 is 6.03 Å². The summed E-state index contributed by atoms with van der Waals surface area (Å²) in [6.45, 7) is 8.61. The Bertz CT molecular complexity index is 930. The first-order valence-electron chi connectivity index (χ1n) is 8.97. The first-order chi connectivity index (χ1) is 12.9. The molecule has 0 aliphatic carbocycles. The first kappa shape index (κ1) is 18.6. The number of urea groups is 1. The molecule has 2 amide bonds. The highest BCUT2D eigenvalue weighted by Gasteiger charge is 2.11. The predicted octanol–water partition coefficient (Wildman–Crippen LogP) is 4.80. The van der Waals surface area contributed by atoms with Crippen LogP contribution in [0.5, 0.6) is 0 Å². The molecule has 0 atom stereocenters. The lowest BCUT2D eigenvalue weighted by molar-refractivity contribution is 0.251. The highest BCUT2D eigenvalue weighted by Crippen LogP contribution is 2.21. The predicted molar refractivity (Wildman–Crippen MR) is 106 cm³/mol. The van der Waals surface area contributed by atoms with Crippen molar-refractivity contribution in [2.24, 2.45) is 0 Å². The molecule has 0 fully saturated rings. The number of aromatic nitrogens is 2. The van der Waals surface area contributed by atoms with Gasteiger partial charge in [0.1, 0.15) is 0 Å². The van der Waals surface area contributed by atoms with Crippen LogP contribution in [0.2, 0.25) is 0 Å². The molecule has 140 valence electrons. The third-order valence-electron chi connectivity index (χ3n) is 4.29. The zero-order valence-corrected chi connectivity index (χ0v) is 16.0. The molecule has 0 aliphatic rings. The molecule has 0 radical (unpaired) electrons. The fraction of sp³-hybridized carbons (Fsp3) is 0.286. The van der Waals surface area contributed by atoms with E-state index in [2.05, 4.69) is 33.8 Å². The summed E-state index contributed by atoms with van der Waals surface area (Å²) < 4.78 is 5.28. The minimum Gasteiger partial charge on any atom is -0.334 e. The molecule has 1 heterocycles. The van der Waals surface area contributed by atoms with Gasteiger partial charge in [-0.1, -0.05) is 42.8 Å². The number of aryl methyl sites for hydroxylation is 2. The number of benzene rings is 2. The van der Waals surface area contributed by atoms with Crippen molar-refractivity contribution in [1.29, 1.82) is 0 Å². The summed E-state index contributed by atoms with van der Waals surface area (Å²) in [5, 5.41) is 9.67. The van der Waals surface area contributed by atoms with E-state index < -0.39 is 0 Å². The molecule has 0 saturated heterocycles. The van der Waals surface area contributed by atoms with Crippen molar-refractivity contribution in [3.8, 4) is 11.5 Å². The zero-order chi connectivity index (χ0) is 19.4. The molecule has 0 unspecified atom stereocenters. The summed E-state index contributed by atoms with van der Waals surface area (Å²) in [5.74, 6) is 1.37. The van der Waals surface area contributed by atoms with Gasteiger partial charge in [0, 0.05) is 23.7 Å². The number of anilines is 1. The van der Waals surface area contributed by atoms with E-state index in [1.54, 1.807) is 0 Å². The molecule has 2 N–H and O–H groups in total. The Labute approximate surface area is 159 Å². The van der Waals surface area contributed by atoms with Crippen LogP contribution in [-0.4, -0.2) is 16.2 Å². The van der Waals surface area contributed by atoms with E-state index in [0.29, 0.717) is 23.9 Å². The van der Waals surface area contributed by atoms with Crippen LogP contribution in [0.1, 0.15) is 42.3 Å². The molecular weight excluding hydrogens is 340 g/mol. The van der Waals surface area contributed by atoms with E-state index in [9.17, 15) is 4.79 Å². The van der Waals surface area contributed by atoms with Crippen molar-refractivity contribution < 1.29 is 9.32 Å². The highest BCUT2D eigenvalue weighted by molar-refractivity contribution is 5.89. The third kappa shape index (κ3) is 4.73. The Hall–Kier alpha value is -3.15. The summed E-state index contributed by atoms with van der Waals surface area (Å²) in [7, 11) is 0. The second kappa shape index (κ2) is 8.03. The zero-order valence-electron chi connectivity index (χ0n) is 16.0. The molecule has 3 aromatic rings. The summed E-state index contributed by atoms with van der Waals surface area (Å²) in [4.78, 5) is 16.5. The smallest absolute Gasteiger partial charge is 0.319 e. The Morgan fingerprint density at radius 1 is 1.11 bits per heavy atom. The van der Waals surface area contributed by atoms with Gasteiger partial charge in [-0.2, -0.15) is 4.98 Å². The topological polar surface area (TPSA) is 80.0 Å². The maximum absolute atomic E-state index is 12.1. The van der Waals surface area contributed by atoms with Gasteiger partial charge in [-0.05, 0) is 49.2 Å². The van der Waals surface area contributed by atoms with E-state index >= 15 is 0 Å². The number of nitrogens with one attached hydrogen (secondary N) is 2. The van der Waals surface area contributed by atoms with E-state index in [0.717, 1.165) is 11.1 Å². The number of carbonyl (C=O) groups excluding carboxylic acids is 1. The summed E-state index contributed by atoms with van der Waals surface area (Å²) in [6, 6.07) is 13.3. The molecule has 6 nitrogen and oxygen atoms in total.